The summed E-state index contributed by atoms with van der Waals surface area (Å²) in [4.78, 5) is 2.16. The summed E-state index contributed by atoms with van der Waals surface area (Å²) in [7, 11) is 4.12. The number of benzene rings is 1. The van der Waals surface area contributed by atoms with Gasteiger partial charge in [-0.1, -0.05) is 29.8 Å². The van der Waals surface area contributed by atoms with Crippen molar-refractivity contribution in [3.05, 3.63) is 34.9 Å². The van der Waals surface area contributed by atoms with Crippen molar-refractivity contribution in [1.82, 2.24) is 10.2 Å². The van der Waals surface area contributed by atoms with E-state index in [1.165, 1.54) is 0 Å². The molecule has 0 saturated carbocycles. The maximum atomic E-state index is 10.1. The lowest BCUT2D eigenvalue weighted by Crippen LogP contribution is -2.33. The normalized spacial score (nSPS) is 14.8. The number of rotatable bonds is 7. The molecule has 0 heterocycles. The first kappa shape index (κ1) is 15.4. The number of nitrogens with zero attached hydrogens (tertiary/aromatic N) is 1. The van der Waals surface area contributed by atoms with E-state index in [1.54, 1.807) is 6.07 Å². The van der Waals surface area contributed by atoms with Crippen LogP contribution in [0.5, 0.6) is 0 Å². The van der Waals surface area contributed by atoms with Crippen molar-refractivity contribution in [2.45, 2.75) is 25.5 Å². The largest absolute Gasteiger partial charge is 0.387 e. The molecule has 1 aromatic rings. The molecule has 2 atom stereocenters. The van der Waals surface area contributed by atoms with Crippen molar-refractivity contribution >= 4 is 11.6 Å². The Labute approximate surface area is 115 Å². The first-order chi connectivity index (χ1) is 8.50. The minimum atomic E-state index is -0.555. The van der Waals surface area contributed by atoms with Gasteiger partial charge in [-0.05, 0) is 40.1 Å². The lowest BCUT2D eigenvalue weighted by molar-refractivity contribution is 0.169. The molecule has 0 aliphatic heterocycles. The Morgan fingerprint density at radius 3 is 2.61 bits per heavy atom. The van der Waals surface area contributed by atoms with Gasteiger partial charge >= 0.3 is 0 Å². The van der Waals surface area contributed by atoms with Crippen LogP contribution in [-0.4, -0.2) is 43.2 Å². The molecule has 0 aliphatic carbocycles. The Kier molecular flexibility index (Phi) is 6.65. The molecule has 0 radical (unpaired) electrons. The third kappa shape index (κ3) is 5.36. The predicted molar refractivity (Wildman–Crippen MR) is 77.0 cm³/mol. The van der Waals surface area contributed by atoms with Gasteiger partial charge in [0.1, 0.15) is 0 Å². The van der Waals surface area contributed by atoms with E-state index in [0.29, 0.717) is 17.6 Å². The quantitative estimate of drug-likeness (QED) is 0.798. The van der Waals surface area contributed by atoms with Crippen LogP contribution in [0.15, 0.2) is 24.3 Å². The molecule has 2 N–H and O–H groups in total. The van der Waals surface area contributed by atoms with Gasteiger partial charge in [0.15, 0.2) is 0 Å². The molecule has 1 rings (SSSR count). The van der Waals surface area contributed by atoms with Crippen molar-refractivity contribution in [2.75, 3.05) is 27.2 Å². The van der Waals surface area contributed by atoms with Crippen LogP contribution >= 0.6 is 11.6 Å². The standard InChI is InChI=1S/C14H23ClN2O/c1-11(8-9-17(2)3)16-10-14(18)12-6-4-5-7-13(12)15/h4-7,11,14,16,18H,8-10H2,1-3H3. The van der Waals surface area contributed by atoms with Crippen molar-refractivity contribution in [3.63, 3.8) is 0 Å². The summed E-state index contributed by atoms with van der Waals surface area (Å²) in [5.41, 5.74) is 0.784. The maximum Gasteiger partial charge on any atom is 0.0928 e. The Balaban J connectivity index is 2.37. The Morgan fingerprint density at radius 1 is 1.33 bits per heavy atom. The molecule has 18 heavy (non-hydrogen) atoms. The highest BCUT2D eigenvalue weighted by Crippen LogP contribution is 2.21. The molecule has 102 valence electrons. The first-order valence-corrected chi connectivity index (χ1v) is 6.69. The van der Waals surface area contributed by atoms with Crippen LogP contribution < -0.4 is 5.32 Å². The van der Waals surface area contributed by atoms with Gasteiger partial charge in [0, 0.05) is 23.2 Å². The van der Waals surface area contributed by atoms with E-state index in [4.69, 9.17) is 11.6 Å². The predicted octanol–water partition coefficient (Wildman–Crippen LogP) is 2.30. The Bertz CT molecular complexity index is 357. The highest BCUT2D eigenvalue weighted by molar-refractivity contribution is 6.31. The molecule has 0 amide bonds. The van der Waals surface area contributed by atoms with Crippen molar-refractivity contribution in [3.8, 4) is 0 Å². The second-order valence-electron chi connectivity index (χ2n) is 4.94. The Morgan fingerprint density at radius 2 is 2.00 bits per heavy atom. The van der Waals surface area contributed by atoms with Gasteiger partial charge in [-0.25, -0.2) is 0 Å². The topological polar surface area (TPSA) is 35.5 Å². The lowest BCUT2D eigenvalue weighted by Gasteiger charge is -2.19. The van der Waals surface area contributed by atoms with Gasteiger partial charge in [0.25, 0.3) is 0 Å². The molecule has 0 fully saturated rings. The first-order valence-electron chi connectivity index (χ1n) is 6.31. The van der Waals surface area contributed by atoms with Crippen molar-refractivity contribution in [1.29, 1.82) is 0 Å². The zero-order chi connectivity index (χ0) is 13.5. The number of halogens is 1. The number of nitrogens with one attached hydrogen (secondary N) is 1. The molecule has 0 aliphatic rings. The summed E-state index contributed by atoms with van der Waals surface area (Å²) >= 11 is 6.04. The second kappa shape index (κ2) is 7.74. The molecule has 2 unspecified atom stereocenters. The van der Waals surface area contributed by atoms with Crippen LogP contribution in [0.1, 0.15) is 25.0 Å². The van der Waals surface area contributed by atoms with Crippen LogP contribution in [0.2, 0.25) is 5.02 Å². The van der Waals surface area contributed by atoms with Gasteiger partial charge < -0.3 is 15.3 Å². The van der Waals surface area contributed by atoms with Crippen LogP contribution in [0.3, 0.4) is 0 Å². The molecular weight excluding hydrogens is 248 g/mol. The molecule has 3 nitrogen and oxygen atoms in total. The molecule has 4 heteroatoms. The van der Waals surface area contributed by atoms with E-state index < -0.39 is 6.10 Å². The van der Waals surface area contributed by atoms with E-state index in [1.807, 2.05) is 18.2 Å². The third-order valence-corrected chi connectivity index (χ3v) is 3.28. The number of aliphatic hydroxyl groups is 1. The van der Waals surface area contributed by atoms with Crippen molar-refractivity contribution in [2.24, 2.45) is 0 Å². The lowest BCUT2D eigenvalue weighted by atomic mass is 10.1. The molecular formula is C14H23ClN2O. The van der Waals surface area contributed by atoms with Gasteiger partial charge in [0.2, 0.25) is 0 Å². The molecule has 0 saturated heterocycles. The fraction of sp³-hybridized carbons (Fsp3) is 0.571. The van der Waals surface area contributed by atoms with E-state index in [0.717, 1.165) is 18.5 Å². The highest BCUT2D eigenvalue weighted by atomic mass is 35.5. The van der Waals surface area contributed by atoms with E-state index in [2.05, 4.69) is 31.2 Å². The fourth-order valence-corrected chi connectivity index (χ4v) is 1.98. The average molecular weight is 271 g/mol. The Hall–Kier alpha value is -0.610. The van der Waals surface area contributed by atoms with E-state index in [9.17, 15) is 5.11 Å². The van der Waals surface area contributed by atoms with E-state index >= 15 is 0 Å². The van der Waals surface area contributed by atoms with Gasteiger partial charge in [-0.3, -0.25) is 0 Å². The van der Waals surface area contributed by atoms with Crippen LogP contribution in [0.4, 0.5) is 0 Å². The second-order valence-corrected chi connectivity index (χ2v) is 5.35. The van der Waals surface area contributed by atoms with Crippen LogP contribution in [0.25, 0.3) is 0 Å². The minimum Gasteiger partial charge on any atom is -0.387 e. The smallest absolute Gasteiger partial charge is 0.0928 e. The highest BCUT2D eigenvalue weighted by Gasteiger charge is 2.12. The SMILES string of the molecule is CC(CCN(C)C)NCC(O)c1ccccc1Cl. The summed E-state index contributed by atoms with van der Waals surface area (Å²) in [6.07, 6.45) is 0.503. The van der Waals surface area contributed by atoms with Crippen LogP contribution in [-0.2, 0) is 0 Å². The zero-order valence-corrected chi connectivity index (χ0v) is 12.1. The summed E-state index contributed by atoms with van der Waals surface area (Å²) in [5, 5.41) is 14.0. The van der Waals surface area contributed by atoms with Crippen molar-refractivity contribution < 1.29 is 5.11 Å². The maximum absolute atomic E-state index is 10.1. The molecule has 0 spiro atoms. The van der Waals surface area contributed by atoms with E-state index in [-0.39, 0.29) is 0 Å². The number of hydrogen-bond donors (Lipinski definition) is 2. The number of aliphatic hydroxyl groups excluding tert-OH is 1. The summed E-state index contributed by atoms with van der Waals surface area (Å²) in [5.74, 6) is 0. The van der Waals surface area contributed by atoms with Gasteiger partial charge in [0.05, 0.1) is 6.10 Å². The number of hydrogen-bond acceptors (Lipinski definition) is 3. The summed E-state index contributed by atoms with van der Waals surface area (Å²) in [6.45, 7) is 3.69. The average Bonchev–Trinajstić information content (AvgIpc) is 2.34. The van der Waals surface area contributed by atoms with Gasteiger partial charge in [-0.2, -0.15) is 0 Å². The summed E-state index contributed by atoms with van der Waals surface area (Å²) < 4.78 is 0. The molecule has 0 bridgehead atoms. The summed E-state index contributed by atoms with van der Waals surface area (Å²) in [6, 6.07) is 7.80. The molecule has 0 aromatic heterocycles. The minimum absolute atomic E-state index is 0.379. The van der Waals surface area contributed by atoms with Gasteiger partial charge in [-0.15, -0.1) is 0 Å². The van der Waals surface area contributed by atoms with Crippen LogP contribution in [0, 0.1) is 0 Å². The molecule has 1 aromatic carbocycles. The monoisotopic (exact) mass is 270 g/mol. The third-order valence-electron chi connectivity index (χ3n) is 2.93. The fourth-order valence-electron chi connectivity index (χ4n) is 1.72. The zero-order valence-electron chi connectivity index (χ0n) is 11.4.